The van der Waals surface area contributed by atoms with Crippen molar-refractivity contribution in [3.63, 3.8) is 0 Å². The molecule has 0 aliphatic heterocycles. The number of hydrogen-bond acceptors (Lipinski definition) is 9. The van der Waals surface area contributed by atoms with Crippen molar-refractivity contribution in [2.75, 3.05) is 6.61 Å². The van der Waals surface area contributed by atoms with E-state index in [0.29, 0.717) is 5.56 Å². The highest BCUT2D eigenvalue weighted by molar-refractivity contribution is 5.77. The van der Waals surface area contributed by atoms with E-state index in [1.165, 1.54) is 6.07 Å². The lowest BCUT2D eigenvalue weighted by atomic mass is 9.92. The van der Waals surface area contributed by atoms with Crippen LogP contribution in [0.15, 0.2) is 18.2 Å². The molecule has 1 aromatic carbocycles. The van der Waals surface area contributed by atoms with Gasteiger partial charge in [-0.15, -0.1) is 0 Å². The fourth-order valence-corrected chi connectivity index (χ4v) is 3.41. The molecule has 0 aliphatic rings. The Morgan fingerprint density at radius 3 is 1.90 bits per heavy atom. The summed E-state index contributed by atoms with van der Waals surface area (Å²) in [4.78, 5) is 49.3. The first-order chi connectivity index (χ1) is 18.1. The summed E-state index contributed by atoms with van der Waals surface area (Å²) in [6, 6.07) is 3.72. The van der Waals surface area contributed by atoms with E-state index in [4.69, 9.17) is 24.7 Å². The molecule has 2 N–H and O–H groups in total. The van der Waals surface area contributed by atoms with Crippen LogP contribution >= 0.6 is 0 Å². The zero-order chi connectivity index (χ0) is 29.8. The number of carbonyl (C=O) groups excluding carboxylic acids is 4. The topological polar surface area (TPSA) is 131 Å². The van der Waals surface area contributed by atoms with E-state index in [2.05, 4.69) is 0 Å². The van der Waals surface area contributed by atoms with Crippen molar-refractivity contribution in [2.24, 2.45) is 23.0 Å². The monoisotopic (exact) mass is 549 g/mol. The average Bonchev–Trinajstić information content (AvgIpc) is 2.82. The van der Waals surface area contributed by atoms with E-state index in [-0.39, 0.29) is 67.0 Å². The van der Waals surface area contributed by atoms with Gasteiger partial charge in [0, 0.05) is 12.8 Å². The second-order valence-corrected chi connectivity index (χ2v) is 11.6. The summed E-state index contributed by atoms with van der Waals surface area (Å²) in [5.74, 6) is -1.38. The van der Waals surface area contributed by atoms with Gasteiger partial charge in [-0.05, 0) is 48.3 Å². The first kappa shape index (κ1) is 34.1. The summed E-state index contributed by atoms with van der Waals surface area (Å²) < 4.78 is 21.6. The molecule has 39 heavy (non-hydrogen) atoms. The van der Waals surface area contributed by atoms with Crippen LogP contribution in [0.3, 0.4) is 0 Å². The average molecular weight is 550 g/mol. The summed E-state index contributed by atoms with van der Waals surface area (Å²) >= 11 is 0. The largest absolute Gasteiger partial charge is 0.461 e. The molecule has 0 radical (unpaired) electrons. The zero-order valence-corrected chi connectivity index (χ0v) is 24.8. The van der Waals surface area contributed by atoms with Crippen molar-refractivity contribution in [2.45, 2.75) is 106 Å². The lowest BCUT2D eigenvalue weighted by Crippen LogP contribution is -2.36. The summed E-state index contributed by atoms with van der Waals surface area (Å²) in [5.41, 5.74) is 6.45. The molecular weight excluding hydrogens is 502 g/mol. The molecule has 220 valence electrons. The van der Waals surface area contributed by atoms with E-state index in [0.717, 1.165) is 12.8 Å². The number of benzene rings is 1. The Bertz CT molecular complexity index is 968. The Labute approximate surface area is 233 Å². The van der Waals surface area contributed by atoms with Gasteiger partial charge < -0.3 is 24.7 Å². The highest BCUT2D eigenvalue weighted by atomic mass is 16.6. The first-order valence-corrected chi connectivity index (χ1v) is 13.8. The summed E-state index contributed by atoms with van der Waals surface area (Å²) in [5, 5.41) is 0. The molecule has 0 saturated carbocycles. The van der Waals surface area contributed by atoms with Crippen LogP contribution in [-0.4, -0.2) is 42.6 Å². The predicted octanol–water partition coefficient (Wildman–Crippen LogP) is 5.15. The third-order valence-corrected chi connectivity index (χ3v) is 6.11. The third-order valence-electron chi connectivity index (χ3n) is 6.11. The highest BCUT2D eigenvalue weighted by Crippen LogP contribution is 2.31. The molecule has 9 heteroatoms. The third kappa shape index (κ3) is 14.1. The molecule has 1 rings (SSSR count). The van der Waals surface area contributed by atoms with Gasteiger partial charge in [0.05, 0.1) is 6.42 Å². The molecule has 0 bridgehead atoms. The van der Waals surface area contributed by atoms with Crippen LogP contribution in [0.4, 0.5) is 0 Å². The molecule has 0 aliphatic carbocycles. The number of carbonyl (C=O) groups is 4. The lowest BCUT2D eigenvalue weighted by Gasteiger charge is -2.20. The van der Waals surface area contributed by atoms with Gasteiger partial charge in [0.15, 0.2) is 11.5 Å². The SMILES string of the molecule is CCC(C)CC(=O)Oc1ccc(C[C@H](N)C(=O)OC[C@H](C)OC(=O)CC(C)(C)C)cc1OC(=O)CC(C)CC. The molecule has 9 nitrogen and oxygen atoms in total. The number of rotatable bonds is 15. The predicted molar refractivity (Wildman–Crippen MR) is 148 cm³/mol. The molecule has 0 amide bonds. The van der Waals surface area contributed by atoms with Gasteiger partial charge in [-0.1, -0.05) is 67.4 Å². The highest BCUT2D eigenvalue weighted by Gasteiger charge is 2.23. The molecule has 0 fully saturated rings. The minimum absolute atomic E-state index is 0.0913. The minimum Gasteiger partial charge on any atom is -0.461 e. The summed E-state index contributed by atoms with van der Waals surface area (Å²) in [6.45, 7) is 15.2. The van der Waals surface area contributed by atoms with Crippen LogP contribution in [0.2, 0.25) is 0 Å². The van der Waals surface area contributed by atoms with Crippen LogP contribution in [-0.2, 0) is 35.1 Å². The number of nitrogens with two attached hydrogens (primary N) is 1. The van der Waals surface area contributed by atoms with E-state index in [1.54, 1.807) is 19.1 Å². The van der Waals surface area contributed by atoms with Crippen molar-refractivity contribution in [3.8, 4) is 11.5 Å². The molecule has 0 heterocycles. The van der Waals surface area contributed by atoms with Gasteiger partial charge in [-0.25, -0.2) is 0 Å². The Morgan fingerprint density at radius 1 is 0.846 bits per heavy atom. The Balaban J connectivity index is 2.88. The molecule has 0 spiro atoms. The van der Waals surface area contributed by atoms with E-state index in [9.17, 15) is 19.2 Å². The molecule has 4 atom stereocenters. The molecule has 0 aromatic heterocycles. The fourth-order valence-electron chi connectivity index (χ4n) is 3.41. The Hall–Kier alpha value is -2.94. The minimum atomic E-state index is -1.01. The van der Waals surface area contributed by atoms with Crippen LogP contribution in [0.5, 0.6) is 11.5 Å². The fraction of sp³-hybridized carbons (Fsp3) is 0.667. The quantitative estimate of drug-likeness (QED) is 0.233. The maximum Gasteiger partial charge on any atom is 0.323 e. The van der Waals surface area contributed by atoms with E-state index < -0.39 is 30.1 Å². The van der Waals surface area contributed by atoms with E-state index >= 15 is 0 Å². The Morgan fingerprint density at radius 2 is 1.38 bits per heavy atom. The summed E-state index contributed by atoms with van der Waals surface area (Å²) in [7, 11) is 0. The summed E-state index contributed by atoms with van der Waals surface area (Å²) in [6.07, 6.45) is 1.82. The zero-order valence-electron chi connectivity index (χ0n) is 24.8. The molecule has 0 saturated heterocycles. The van der Waals surface area contributed by atoms with Crippen molar-refractivity contribution >= 4 is 23.9 Å². The van der Waals surface area contributed by atoms with Gasteiger partial charge in [0.2, 0.25) is 0 Å². The standard InChI is InChI=1S/C30H47NO8/c1-9-19(3)13-26(32)38-24-12-11-22(16-25(24)39-27(33)14-20(4)10-2)15-23(31)29(35)36-18-21(5)37-28(34)17-30(6,7)8/h11-12,16,19-21,23H,9-10,13-15,17-18,31H2,1-8H3/t19?,20?,21-,23-/m0/s1. The van der Waals surface area contributed by atoms with Gasteiger partial charge in [0.25, 0.3) is 0 Å². The van der Waals surface area contributed by atoms with E-state index in [1.807, 2.05) is 48.5 Å². The number of ether oxygens (including phenoxy) is 4. The van der Waals surface area contributed by atoms with Crippen molar-refractivity contribution in [1.29, 1.82) is 0 Å². The van der Waals surface area contributed by atoms with Crippen LogP contribution in [0.1, 0.15) is 93.1 Å². The smallest absolute Gasteiger partial charge is 0.323 e. The maximum atomic E-state index is 12.5. The number of esters is 4. The normalized spacial score (nSPS) is 14.5. The first-order valence-electron chi connectivity index (χ1n) is 13.8. The lowest BCUT2D eigenvalue weighted by molar-refractivity contribution is -0.160. The van der Waals surface area contributed by atoms with Crippen molar-refractivity contribution in [3.05, 3.63) is 23.8 Å². The van der Waals surface area contributed by atoms with Gasteiger partial charge in [-0.2, -0.15) is 0 Å². The molecule has 1 aromatic rings. The van der Waals surface area contributed by atoms with Gasteiger partial charge >= 0.3 is 23.9 Å². The van der Waals surface area contributed by atoms with Crippen LogP contribution in [0, 0.1) is 17.3 Å². The number of hydrogen-bond donors (Lipinski definition) is 1. The Kier molecular flexibility index (Phi) is 14.2. The second kappa shape index (κ2) is 16.2. The van der Waals surface area contributed by atoms with Gasteiger partial charge in [0.1, 0.15) is 18.8 Å². The van der Waals surface area contributed by atoms with Crippen LogP contribution < -0.4 is 15.2 Å². The second-order valence-electron chi connectivity index (χ2n) is 11.6. The van der Waals surface area contributed by atoms with Crippen molar-refractivity contribution in [1.82, 2.24) is 0 Å². The maximum absolute atomic E-state index is 12.5. The van der Waals surface area contributed by atoms with Crippen LogP contribution in [0.25, 0.3) is 0 Å². The van der Waals surface area contributed by atoms with Crippen molar-refractivity contribution < 1.29 is 38.1 Å². The molecular formula is C30H47NO8. The van der Waals surface area contributed by atoms with Gasteiger partial charge in [-0.3, -0.25) is 19.2 Å². The molecule has 2 unspecified atom stereocenters.